The van der Waals surface area contributed by atoms with Gasteiger partial charge in [-0.05, 0) is 31.7 Å². The summed E-state index contributed by atoms with van der Waals surface area (Å²) >= 11 is 1.57. The van der Waals surface area contributed by atoms with Crippen LogP contribution in [0.5, 0.6) is 0 Å². The fourth-order valence-corrected chi connectivity index (χ4v) is 2.67. The van der Waals surface area contributed by atoms with Crippen molar-refractivity contribution >= 4 is 17.6 Å². The highest BCUT2D eigenvalue weighted by molar-refractivity contribution is 7.98. The predicted octanol–water partition coefficient (Wildman–Crippen LogP) is 3.63. The van der Waals surface area contributed by atoms with Gasteiger partial charge in [-0.1, -0.05) is 25.1 Å². The van der Waals surface area contributed by atoms with Gasteiger partial charge in [-0.2, -0.15) is 0 Å². The second kappa shape index (κ2) is 8.93. The van der Waals surface area contributed by atoms with Crippen molar-refractivity contribution in [2.75, 3.05) is 24.7 Å². The summed E-state index contributed by atoms with van der Waals surface area (Å²) < 4.78 is 5.58. The molecule has 0 saturated heterocycles. The van der Waals surface area contributed by atoms with Gasteiger partial charge in [-0.25, -0.2) is 9.97 Å². The highest BCUT2D eigenvalue weighted by Crippen LogP contribution is 2.20. The Hall–Kier alpha value is -1.53. The molecule has 5 nitrogen and oxygen atoms in total. The third kappa shape index (κ3) is 5.25. The fourth-order valence-electron chi connectivity index (χ4n) is 2.34. The second-order valence-electron chi connectivity index (χ2n) is 5.60. The number of nitrogens with zero attached hydrogens (tertiary/aromatic N) is 3. The Labute approximate surface area is 142 Å². The van der Waals surface area contributed by atoms with Gasteiger partial charge in [0.15, 0.2) is 5.16 Å². The Bertz CT molecular complexity index is 614. The fraction of sp³-hybridized carbons (Fsp3) is 0.529. The van der Waals surface area contributed by atoms with Crippen LogP contribution in [0.2, 0.25) is 0 Å². The lowest BCUT2D eigenvalue weighted by Crippen LogP contribution is -2.23. The van der Waals surface area contributed by atoms with Crippen molar-refractivity contribution in [3.8, 4) is 0 Å². The molecule has 23 heavy (non-hydrogen) atoms. The lowest BCUT2D eigenvalue weighted by Gasteiger charge is -2.21. The van der Waals surface area contributed by atoms with Crippen molar-refractivity contribution in [2.45, 2.75) is 44.9 Å². The molecule has 0 aliphatic carbocycles. The summed E-state index contributed by atoms with van der Waals surface area (Å²) in [4.78, 5) is 11.3. The number of hydrogen-bond donors (Lipinski definition) is 1. The van der Waals surface area contributed by atoms with E-state index >= 15 is 0 Å². The van der Waals surface area contributed by atoms with Crippen molar-refractivity contribution in [2.24, 2.45) is 0 Å². The zero-order chi connectivity index (χ0) is 16.7. The van der Waals surface area contributed by atoms with Crippen LogP contribution in [-0.4, -0.2) is 29.8 Å². The maximum absolute atomic E-state index is 5.58. The van der Waals surface area contributed by atoms with E-state index in [0.717, 1.165) is 47.6 Å². The monoisotopic (exact) mass is 334 g/mol. The minimum atomic E-state index is 0.705. The minimum absolute atomic E-state index is 0.705. The number of anilines is 1. The first-order valence-electron chi connectivity index (χ1n) is 8.01. The van der Waals surface area contributed by atoms with Crippen LogP contribution < -0.4 is 10.2 Å². The smallest absolute Gasteiger partial charge is 0.189 e. The highest BCUT2D eigenvalue weighted by Gasteiger charge is 2.11. The van der Waals surface area contributed by atoms with Gasteiger partial charge in [0.25, 0.3) is 0 Å². The van der Waals surface area contributed by atoms with Gasteiger partial charge in [-0.15, -0.1) is 0 Å². The lowest BCUT2D eigenvalue weighted by atomic mass is 10.2. The summed E-state index contributed by atoms with van der Waals surface area (Å²) in [7, 11) is 2.10. The lowest BCUT2D eigenvalue weighted by molar-refractivity contribution is 0.461. The van der Waals surface area contributed by atoms with Gasteiger partial charge in [0.1, 0.15) is 17.3 Å². The Morgan fingerprint density at radius 3 is 2.78 bits per heavy atom. The Balaban J connectivity index is 2.03. The zero-order valence-electron chi connectivity index (χ0n) is 14.4. The SMILES string of the molecule is CCCCN(C)c1nc(SC)ncc1CNCc1ccc(C)o1. The molecular formula is C17H26N4OS. The predicted molar refractivity (Wildman–Crippen MR) is 96.0 cm³/mol. The molecule has 0 radical (unpaired) electrons. The maximum Gasteiger partial charge on any atom is 0.189 e. The third-order valence-electron chi connectivity index (χ3n) is 3.62. The van der Waals surface area contributed by atoms with E-state index in [1.165, 1.54) is 6.42 Å². The van der Waals surface area contributed by atoms with Crippen LogP contribution in [0.3, 0.4) is 0 Å². The second-order valence-corrected chi connectivity index (χ2v) is 6.37. The molecule has 0 unspecified atom stereocenters. The van der Waals surface area contributed by atoms with E-state index in [2.05, 4.69) is 34.2 Å². The van der Waals surface area contributed by atoms with Crippen LogP contribution >= 0.6 is 11.8 Å². The number of aryl methyl sites for hydroxylation is 1. The van der Waals surface area contributed by atoms with E-state index < -0.39 is 0 Å². The summed E-state index contributed by atoms with van der Waals surface area (Å²) in [5, 5.41) is 4.23. The molecule has 2 aromatic heterocycles. The average molecular weight is 334 g/mol. The number of nitrogens with one attached hydrogen (secondary N) is 1. The molecule has 0 fully saturated rings. The van der Waals surface area contributed by atoms with Crippen molar-refractivity contribution < 1.29 is 4.42 Å². The summed E-state index contributed by atoms with van der Waals surface area (Å²) in [5.74, 6) is 2.90. The van der Waals surface area contributed by atoms with Crippen molar-refractivity contribution in [3.63, 3.8) is 0 Å². The molecule has 0 amide bonds. The van der Waals surface area contributed by atoms with Gasteiger partial charge >= 0.3 is 0 Å². The molecule has 0 spiro atoms. The van der Waals surface area contributed by atoms with Crippen molar-refractivity contribution in [1.82, 2.24) is 15.3 Å². The Morgan fingerprint density at radius 1 is 1.30 bits per heavy atom. The number of aromatic nitrogens is 2. The van der Waals surface area contributed by atoms with E-state index in [1.54, 1.807) is 11.8 Å². The number of unbranched alkanes of at least 4 members (excludes halogenated alkanes) is 1. The molecule has 0 bridgehead atoms. The molecule has 2 heterocycles. The van der Waals surface area contributed by atoms with E-state index in [9.17, 15) is 0 Å². The number of furan rings is 1. The van der Waals surface area contributed by atoms with Gasteiger partial charge in [0.05, 0.1) is 6.54 Å². The molecule has 0 atom stereocenters. The molecular weight excluding hydrogens is 308 g/mol. The molecule has 2 rings (SSSR count). The number of thioether (sulfide) groups is 1. The largest absolute Gasteiger partial charge is 0.465 e. The van der Waals surface area contributed by atoms with Crippen molar-refractivity contribution in [1.29, 1.82) is 0 Å². The van der Waals surface area contributed by atoms with Crippen LogP contribution in [0.25, 0.3) is 0 Å². The minimum Gasteiger partial charge on any atom is -0.465 e. The zero-order valence-corrected chi connectivity index (χ0v) is 15.2. The quantitative estimate of drug-likeness (QED) is 0.558. The van der Waals surface area contributed by atoms with E-state index in [4.69, 9.17) is 4.42 Å². The molecule has 6 heteroatoms. The third-order valence-corrected chi connectivity index (χ3v) is 4.18. The molecule has 2 aromatic rings. The topological polar surface area (TPSA) is 54.2 Å². The maximum atomic E-state index is 5.58. The van der Waals surface area contributed by atoms with Gasteiger partial charge in [-0.3, -0.25) is 0 Å². The molecule has 0 aromatic carbocycles. The standard InChI is InChI=1S/C17H26N4OS/c1-5-6-9-21(3)16-14(11-19-17(20-16)23-4)10-18-12-15-8-7-13(2)22-15/h7-8,11,18H,5-6,9-10,12H2,1-4H3. The molecule has 126 valence electrons. The normalized spacial score (nSPS) is 11.0. The highest BCUT2D eigenvalue weighted by atomic mass is 32.2. The summed E-state index contributed by atoms with van der Waals surface area (Å²) in [6.45, 7) is 6.59. The molecule has 1 N–H and O–H groups in total. The Morgan fingerprint density at radius 2 is 2.13 bits per heavy atom. The first-order valence-corrected chi connectivity index (χ1v) is 9.23. The number of rotatable bonds is 9. The average Bonchev–Trinajstić information content (AvgIpc) is 2.98. The van der Waals surface area contributed by atoms with Gasteiger partial charge < -0.3 is 14.6 Å². The van der Waals surface area contributed by atoms with Crippen LogP contribution in [0, 0.1) is 6.92 Å². The van der Waals surface area contributed by atoms with E-state index in [0.29, 0.717) is 6.54 Å². The van der Waals surface area contributed by atoms with Crippen LogP contribution in [0.4, 0.5) is 5.82 Å². The first-order chi connectivity index (χ1) is 11.1. The van der Waals surface area contributed by atoms with E-state index in [1.807, 2.05) is 31.5 Å². The molecule has 0 saturated carbocycles. The van der Waals surface area contributed by atoms with Crippen LogP contribution in [0.15, 0.2) is 27.9 Å². The molecule has 0 aliphatic rings. The summed E-state index contributed by atoms with van der Waals surface area (Å²) in [6.07, 6.45) is 6.27. The summed E-state index contributed by atoms with van der Waals surface area (Å²) in [6, 6.07) is 3.99. The van der Waals surface area contributed by atoms with Gasteiger partial charge in [0, 0.05) is 31.9 Å². The first kappa shape index (κ1) is 17.8. The van der Waals surface area contributed by atoms with Crippen LogP contribution in [0.1, 0.15) is 36.8 Å². The van der Waals surface area contributed by atoms with Gasteiger partial charge in [0.2, 0.25) is 0 Å². The van der Waals surface area contributed by atoms with Crippen molar-refractivity contribution in [3.05, 3.63) is 35.4 Å². The molecule has 0 aliphatic heterocycles. The Kier molecular flexibility index (Phi) is 6.92. The van der Waals surface area contributed by atoms with Crippen LogP contribution in [-0.2, 0) is 13.1 Å². The number of hydrogen-bond acceptors (Lipinski definition) is 6. The summed E-state index contributed by atoms with van der Waals surface area (Å²) in [5.41, 5.74) is 1.12. The van der Waals surface area contributed by atoms with E-state index in [-0.39, 0.29) is 0 Å².